The van der Waals surface area contributed by atoms with Crippen LogP contribution in [0.1, 0.15) is 19.4 Å². The van der Waals surface area contributed by atoms with Gasteiger partial charge in [0.1, 0.15) is 5.75 Å². The number of morpholine rings is 1. The monoisotopic (exact) mass is 278 g/mol. The van der Waals surface area contributed by atoms with Crippen molar-refractivity contribution in [3.05, 3.63) is 29.8 Å². The van der Waals surface area contributed by atoms with Crippen molar-refractivity contribution < 1.29 is 9.47 Å². The van der Waals surface area contributed by atoms with Crippen LogP contribution in [0.2, 0.25) is 0 Å². The van der Waals surface area contributed by atoms with Crippen molar-refractivity contribution in [2.45, 2.75) is 32.0 Å². The molecular formula is C16H26N2O2. The molecule has 1 heterocycles. The number of hydrogen-bond donors (Lipinski definition) is 1. The van der Waals surface area contributed by atoms with E-state index in [1.165, 1.54) is 5.56 Å². The fourth-order valence-electron chi connectivity index (χ4n) is 2.82. The second-order valence-corrected chi connectivity index (χ2v) is 6.07. The van der Waals surface area contributed by atoms with E-state index < -0.39 is 0 Å². The Hall–Kier alpha value is -1.10. The normalized spacial score (nSPS) is 22.7. The van der Waals surface area contributed by atoms with Crippen molar-refractivity contribution >= 4 is 0 Å². The molecule has 112 valence electrons. The smallest absolute Gasteiger partial charge is 0.119 e. The minimum Gasteiger partial charge on any atom is -0.497 e. The zero-order chi connectivity index (χ0) is 14.6. The van der Waals surface area contributed by atoms with Crippen LogP contribution in [0.25, 0.3) is 0 Å². The highest BCUT2D eigenvalue weighted by Gasteiger charge is 2.32. The van der Waals surface area contributed by atoms with Crippen molar-refractivity contribution in [1.82, 2.24) is 4.90 Å². The first-order valence-electron chi connectivity index (χ1n) is 7.25. The largest absolute Gasteiger partial charge is 0.497 e. The number of methoxy groups -OCH3 is 1. The van der Waals surface area contributed by atoms with Crippen LogP contribution in [-0.4, -0.2) is 49.9 Å². The van der Waals surface area contributed by atoms with Crippen LogP contribution in [-0.2, 0) is 11.2 Å². The quantitative estimate of drug-likeness (QED) is 0.890. The first-order valence-corrected chi connectivity index (χ1v) is 7.25. The molecule has 20 heavy (non-hydrogen) atoms. The van der Waals surface area contributed by atoms with Crippen molar-refractivity contribution in [2.75, 3.05) is 33.3 Å². The van der Waals surface area contributed by atoms with Gasteiger partial charge in [-0.05, 0) is 38.0 Å². The van der Waals surface area contributed by atoms with Gasteiger partial charge in [-0.3, -0.25) is 4.90 Å². The third-order valence-corrected chi connectivity index (χ3v) is 3.67. The van der Waals surface area contributed by atoms with E-state index in [1.807, 2.05) is 12.1 Å². The van der Waals surface area contributed by atoms with E-state index in [0.717, 1.165) is 31.8 Å². The molecule has 1 aromatic carbocycles. The first-order chi connectivity index (χ1) is 9.52. The van der Waals surface area contributed by atoms with Crippen LogP contribution in [0.15, 0.2) is 24.3 Å². The third-order valence-electron chi connectivity index (χ3n) is 3.67. The number of ether oxygens (including phenoxy) is 2. The van der Waals surface area contributed by atoms with E-state index in [4.69, 9.17) is 15.2 Å². The van der Waals surface area contributed by atoms with E-state index >= 15 is 0 Å². The van der Waals surface area contributed by atoms with Crippen molar-refractivity contribution in [2.24, 2.45) is 5.73 Å². The van der Waals surface area contributed by atoms with Crippen LogP contribution < -0.4 is 10.5 Å². The first kappa shape index (κ1) is 15.3. The molecule has 1 aromatic rings. The van der Waals surface area contributed by atoms with Crippen LogP contribution in [0.5, 0.6) is 5.75 Å². The standard InChI is InChI=1S/C16H26N2O2/c1-16(2)12-18(11-15(10-17)20-16)8-7-13-5-4-6-14(9-13)19-3/h4-6,9,15H,7-8,10-12,17H2,1-3H3. The lowest BCUT2D eigenvalue weighted by Gasteiger charge is -2.42. The zero-order valence-electron chi connectivity index (χ0n) is 12.8. The Balaban J connectivity index is 1.92. The van der Waals surface area contributed by atoms with Gasteiger partial charge in [-0.25, -0.2) is 0 Å². The Bertz CT molecular complexity index is 434. The number of benzene rings is 1. The summed E-state index contributed by atoms with van der Waals surface area (Å²) >= 11 is 0. The highest BCUT2D eigenvalue weighted by Crippen LogP contribution is 2.21. The molecule has 0 spiro atoms. The molecule has 4 heteroatoms. The summed E-state index contributed by atoms with van der Waals surface area (Å²) in [6.07, 6.45) is 1.16. The van der Waals surface area contributed by atoms with Gasteiger partial charge in [0.15, 0.2) is 0 Å². The maximum Gasteiger partial charge on any atom is 0.119 e. The molecule has 4 nitrogen and oxygen atoms in total. The molecule has 0 aliphatic carbocycles. The lowest BCUT2D eigenvalue weighted by Crippen LogP contribution is -2.55. The Morgan fingerprint density at radius 3 is 2.95 bits per heavy atom. The predicted octanol–water partition coefficient (Wildman–Crippen LogP) is 1.68. The van der Waals surface area contributed by atoms with Gasteiger partial charge in [0.25, 0.3) is 0 Å². The molecular weight excluding hydrogens is 252 g/mol. The Morgan fingerprint density at radius 2 is 2.25 bits per heavy atom. The number of nitrogens with two attached hydrogens (primary N) is 1. The lowest BCUT2D eigenvalue weighted by molar-refractivity contribution is -0.131. The molecule has 1 fully saturated rings. The van der Waals surface area contributed by atoms with Gasteiger partial charge in [0.05, 0.1) is 18.8 Å². The third kappa shape index (κ3) is 4.20. The van der Waals surface area contributed by atoms with Crippen molar-refractivity contribution in [3.8, 4) is 5.75 Å². The van der Waals surface area contributed by atoms with Crippen molar-refractivity contribution in [3.63, 3.8) is 0 Å². The summed E-state index contributed by atoms with van der Waals surface area (Å²) in [5, 5.41) is 0. The maximum atomic E-state index is 5.96. The molecule has 0 aromatic heterocycles. The topological polar surface area (TPSA) is 47.7 Å². The molecule has 1 atom stereocenters. The van der Waals surface area contributed by atoms with Crippen LogP contribution in [0.4, 0.5) is 0 Å². The summed E-state index contributed by atoms with van der Waals surface area (Å²) in [6, 6.07) is 8.27. The molecule has 1 unspecified atom stereocenters. The predicted molar refractivity (Wildman–Crippen MR) is 81.1 cm³/mol. The van der Waals surface area contributed by atoms with Gasteiger partial charge >= 0.3 is 0 Å². The molecule has 0 saturated carbocycles. The van der Waals surface area contributed by atoms with Gasteiger partial charge in [0, 0.05) is 26.2 Å². The Labute approximate surface area is 121 Å². The van der Waals surface area contributed by atoms with Crippen LogP contribution in [0, 0.1) is 0 Å². The van der Waals surface area contributed by atoms with Gasteiger partial charge in [-0.2, -0.15) is 0 Å². The van der Waals surface area contributed by atoms with Crippen LogP contribution >= 0.6 is 0 Å². The maximum absolute atomic E-state index is 5.96. The highest BCUT2D eigenvalue weighted by molar-refractivity contribution is 5.28. The summed E-state index contributed by atoms with van der Waals surface area (Å²) in [6.45, 7) is 7.74. The molecule has 0 amide bonds. The summed E-state index contributed by atoms with van der Waals surface area (Å²) in [7, 11) is 1.70. The fraction of sp³-hybridized carbons (Fsp3) is 0.625. The molecule has 2 N–H and O–H groups in total. The molecule has 0 bridgehead atoms. The molecule has 2 rings (SSSR count). The van der Waals surface area contributed by atoms with E-state index in [1.54, 1.807) is 7.11 Å². The Kier molecular flexibility index (Phi) is 5.02. The van der Waals surface area contributed by atoms with E-state index in [0.29, 0.717) is 6.54 Å². The minimum absolute atomic E-state index is 0.114. The number of rotatable bonds is 5. The Morgan fingerprint density at radius 1 is 1.45 bits per heavy atom. The average molecular weight is 278 g/mol. The summed E-state index contributed by atoms with van der Waals surface area (Å²) in [5.74, 6) is 0.921. The summed E-state index contributed by atoms with van der Waals surface area (Å²) in [5.41, 5.74) is 6.95. The summed E-state index contributed by atoms with van der Waals surface area (Å²) < 4.78 is 11.2. The molecule has 1 saturated heterocycles. The summed E-state index contributed by atoms with van der Waals surface area (Å²) in [4.78, 5) is 2.44. The zero-order valence-corrected chi connectivity index (χ0v) is 12.8. The SMILES string of the molecule is COc1cccc(CCN2CC(CN)OC(C)(C)C2)c1. The van der Waals surface area contributed by atoms with Gasteiger partial charge in [-0.15, -0.1) is 0 Å². The second kappa shape index (κ2) is 6.57. The van der Waals surface area contributed by atoms with E-state index in [-0.39, 0.29) is 11.7 Å². The van der Waals surface area contributed by atoms with Gasteiger partial charge in [0.2, 0.25) is 0 Å². The van der Waals surface area contributed by atoms with Crippen LogP contribution in [0.3, 0.4) is 0 Å². The number of nitrogens with zero attached hydrogens (tertiary/aromatic N) is 1. The fourth-order valence-corrected chi connectivity index (χ4v) is 2.82. The highest BCUT2D eigenvalue weighted by atomic mass is 16.5. The average Bonchev–Trinajstić information content (AvgIpc) is 2.43. The number of hydrogen-bond acceptors (Lipinski definition) is 4. The van der Waals surface area contributed by atoms with E-state index in [9.17, 15) is 0 Å². The molecule has 1 aliphatic heterocycles. The molecule has 1 aliphatic rings. The second-order valence-electron chi connectivity index (χ2n) is 6.07. The minimum atomic E-state index is -0.114. The van der Waals surface area contributed by atoms with Gasteiger partial charge in [-0.1, -0.05) is 12.1 Å². The van der Waals surface area contributed by atoms with Crippen molar-refractivity contribution in [1.29, 1.82) is 0 Å². The molecule has 0 radical (unpaired) electrons. The lowest BCUT2D eigenvalue weighted by atomic mass is 10.0. The van der Waals surface area contributed by atoms with E-state index in [2.05, 4.69) is 30.9 Å². The van der Waals surface area contributed by atoms with Gasteiger partial charge < -0.3 is 15.2 Å².